The molecule has 1 aromatic carbocycles. The van der Waals surface area contributed by atoms with E-state index in [4.69, 9.17) is 4.74 Å². The van der Waals surface area contributed by atoms with E-state index < -0.39 is 0 Å². The molecule has 1 saturated heterocycles. The smallest absolute Gasteiger partial charge is 0.314 e. The van der Waals surface area contributed by atoms with Gasteiger partial charge in [0.25, 0.3) is 0 Å². The van der Waals surface area contributed by atoms with Crippen LogP contribution < -0.4 is 10.6 Å². The van der Waals surface area contributed by atoms with Crippen LogP contribution in [0.5, 0.6) is 0 Å². The quantitative estimate of drug-likeness (QED) is 0.699. The molecule has 0 bridgehead atoms. The van der Waals surface area contributed by atoms with Crippen LogP contribution in [0.25, 0.3) is 0 Å². The number of nitrogens with zero attached hydrogens (tertiary/aromatic N) is 1. The SMILES string of the molecule is O=C(NCCCc1ccccc1)NC[C@@H](c1ccsc1)N1CCOCC1. The molecule has 5 nitrogen and oxygen atoms in total. The van der Waals surface area contributed by atoms with Gasteiger partial charge in [0.15, 0.2) is 0 Å². The van der Waals surface area contributed by atoms with Crippen LogP contribution in [0.1, 0.15) is 23.6 Å². The maximum atomic E-state index is 12.1. The fraction of sp³-hybridized carbons (Fsp3) is 0.450. The van der Waals surface area contributed by atoms with Gasteiger partial charge in [0.05, 0.1) is 19.3 Å². The van der Waals surface area contributed by atoms with Crippen molar-refractivity contribution in [1.29, 1.82) is 0 Å². The summed E-state index contributed by atoms with van der Waals surface area (Å²) < 4.78 is 5.46. The average molecular weight is 374 g/mol. The molecule has 1 aliphatic heterocycles. The topological polar surface area (TPSA) is 53.6 Å². The van der Waals surface area contributed by atoms with Gasteiger partial charge < -0.3 is 15.4 Å². The van der Waals surface area contributed by atoms with Gasteiger partial charge in [-0.15, -0.1) is 0 Å². The van der Waals surface area contributed by atoms with E-state index in [1.54, 1.807) is 11.3 Å². The number of urea groups is 1. The zero-order valence-electron chi connectivity index (χ0n) is 15.0. The lowest BCUT2D eigenvalue weighted by Gasteiger charge is -2.34. The van der Waals surface area contributed by atoms with Crippen molar-refractivity contribution in [2.24, 2.45) is 0 Å². The Morgan fingerprint density at radius 3 is 2.69 bits per heavy atom. The number of thiophene rings is 1. The van der Waals surface area contributed by atoms with Gasteiger partial charge in [-0.05, 0) is 40.8 Å². The zero-order chi connectivity index (χ0) is 18.0. The molecule has 2 N–H and O–H groups in total. The first-order valence-electron chi connectivity index (χ1n) is 9.22. The van der Waals surface area contributed by atoms with Crippen molar-refractivity contribution < 1.29 is 9.53 Å². The molecular formula is C20H27N3O2S. The molecule has 140 valence electrons. The van der Waals surface area contributed by atoms with Crippen LogP contribution in [0.2, 0.25) is 0 Å². The van der Waals surface area contributed by atoms with Crippen LogP contribution in [0.15, 0.2) is 47.2 Å². The third-order valence-corrected chi connectivity index (χ3v) is 5.34. The molecule has 6 heteroatoms. The molecule has 0 saturated carbocycles. The Morgan fingerprint density at radius 1 is 1.15 bits per heavy atom. The van der Waals surface area contributed by atoms with Crippen molar-refractivity contribution in [3.05, 3.63) is 58.3 Å². The molecule has 2 aromatic rings. The first-order valence-corrected chi connectivity index (χ1v) is 10.2. The predicted molar refractivity (Wildman–Crippen MR) is 106 cm³/mol. The number of carbonyl (C=O) groups excluding carboxylic acids is 1. The number of hydrogen-bond acceptors (Lipinski definition) is 4. The number of benzene rings is 1. The van der Waals surface area contributed by atoms with Crippen LogP contribution in [-0.4, -0.2) is 50.3 Å². The van der Waals surface area contributed by atoms with Gasteiger partial charge in [-0.1, -0.05) is 30.3 Å². The van der Waals surface area contributed by atoms with E-state index in [0.717, 1.165) is 39.1 Å². The number of hydrogen-bond donors (Lipinski definition) is 2. The minimum atomic E-state index is -0.0912. The monoisotopic (exact) mass is 373 g/mol. The Bertz CT molecular complexity index is 642. The molecule has 0 radical (unpaired) electrons. The van der Waals surface area contributed by atoms with Crippen LogP contribution in [0.3, 0.4) is 0 Å². The van der Waals surface area contributed by atoms with Gasteiger partial charge in [0.1, 0.15) is 0 Å². The molecule has 26 heavy (non-hydrogen) atoms. The van der Waals surface area contributed by atoms with Crippen LogP contribution in [0, 0.1) is 0 Å². The predicted octanol–water partition coefficient (Wildman–Crippen LogP) is 3.05. The summed E-state index contributed by atoms with van der Waals surface area (Å²) in [7, 11) is 0. The standard InChI is InChI=1S/C20H27N3O2S/c24-20(21-9-4-7-17-5-2-1-3-6-17)22-15-19(18-8-14-26-16-18)23-10-12-25-13-11-23/h1-3,5-6,8,14,16,19H,4,7,9-13,15H2,(H2,21,22,24)/t19-/m0/s1. The van der Waals surface area contributed by atoms with Crippen molar-refractivity contribution in [3.8, 4) is 0 Å². The van der Waals surface area contributed by atoms with E-state index in [1.165, 1.54) is 11.1 Å². The summed E-state index contributed by atoms with van der Waals surface area (Å²) in [4.78, 5) is 14.5. The number of nitrogens with one attached hydrogen (secondary N) is 2. The van der Waals surface area contributed by atoms with Gasteiger partial charge in [0.2, 0.25) is 0 Å². The van der Waals surface area contributed by atoms with E-state index in [2.05, 4.69) is 44.5 Å². The molecule has 2 heterocycles. The van der Waals surface area contributed by atoms with Crippen molar-refractivity contribution in [2.75, 3.05) is 39.4 Å². The number of rotatable bonds is 8. The molecule has 0 spiro atoms. The molecular weight excluding hydrogens is 346 g/mol. The lowest BCUT2D eigenvalue weighted by atomic mass is 10.1. The minimum absolute atomic E-state index is 0.0912. The Labute approximate surface area is 159 Å². The minimum Gasteiger partial charge on any atom is -0.379 e. The highest BCUT2D eigenvalue weighted by atomic mass is 32.1. The van der Waals surface area contributed by atoms with Crippen molar-refractivity contribution >= 4 is 17.4 Å². The first kappa shape index (κ1) is 18.9. The summed E-state index contributed by atoms with van der Waals surface area (Å²) in [5.74, 6) is 0. The van der Waals surface area contributed by atoms with E-state index in [0.29, 0.717) is 13.1 Å². The highest BCUT2D eigenvalue weighted by molar-refractivity contribution is 7.07. The highest BCUT2D eigenvalue weighted by Crippen LogP contribution is 2.23. The second kappa shape index (κ2) is 10.3. The summed E-state index contributed by atoms with van der Waals surface area (Å²) in [5.41, 5.74) is 2.57. The zero-order valence-corrected chi connectivity index (χ0v) is 15.8. The Balaban J connectivity index is 1.41. The molecule has 0 aliphatic carbocycles. The third kappa shape index (κ3) is 5.83. The van der Waals surface area contributed by atoms with Crippen molar-refractivity contribution in [2.45, 2.75) is 18.9 Å². The fourth-order valence-electron chi connectivity index (χ4n) is 3.20. The van der Waals surface area contributed by atoms with E-state index in [-0.39, 0.29) is 12.1 Å². The highest BCUT2D eigenvalue weighted by Gasteiger charge is 2.23. The summed E-state index contributed by atoms with van der Waals surface area (Å²) in [6.45, 7) is 4.61. The average Bonchev–Trinajstić information content (AvgIpc) is 3.22. The maximum Gasteiger partial charge on any atom is 0.314 e. The maximum absolute atomic E-state index is 12.1. The van der Waals surface area contributed by atoms with Crippen LogP contribution >= 0.6 is 11.3 Å². The molecule has 0 unspecified atom stereocenters. The fourth-order valence-corrected chi connectivity index (χ4v) is 3.91. The van der Waals surface area contributed by atoms with Gasteiger partial charge in [0, 0.05) is 26.2 Å². The van der Waals surface area contributed by atoms with E-state index >= 15 is 0 Å². The number of amides is 2. The molecule has 3 rings (SSSR count). The van der Waals surface area contributed by atoms with Crippen molar-refractivity contribution in [1.82, 2.24) is 15.5 Å². The molecule has 1 atom stereocenters. The Kier molecular flexibility index (Phi) is 7.49. The van der Waals surface area contributed by atoms with Gasteiger partial charge in [-0.2, -0.15) is 11.3 Å². The molecule has 1 aromatic heterocycles. The summed E-state index contributed by atoms with van der Waals surface area (Å²) >= 11 is 1.69. The number of aryl methyl sites for hydroxylation is 1. The lowest BCUT2D eigenvalue weighted by Crippen LogP contribution is -2.45. The van der Waals surface area contributed by atoms with Crippen LogP contribution in [0.4, 0.5) is 4.79 Å². The largest absolute Gasteiger partial charge is 0.379 e. The van der Waals surface area contributed by atoms with Crippen LogP contribution in [-0.2, 0) is 11.2 Å². The van der Waals surface area contributed by atoms with Gasteiger partial charge in [-0.25, -0.2) is 4.79 Å². The molecule has 1 fully saturated rings. The molecule has 1 aliphatic rings. The molecule has 2 amide bonds. The lowest BCUT2D eigenvalue weighted by molar-refractivity contribution is 0.0168. The van der Waals surface area contributed by atoms with Crippen molar-refractivity contribution in [3.63, 3.8) is 0 Å². The first-order chi connectivity index (χ1) is 12.8. The van der Waals surface area contributed by atoms with Gasteiger partial charge in [-0.3, -0.25) is 4.90 Å². The number of morpholine rings is 1. The normalized spacial score (nSPS) is 16.2. The summed E-state index contributed by atoms with van der Waals surface area (Å²) in [6, 6.07) is 12.6. The number of carbonyl (C=O) groups is 1. The second-order valence-corrected chi connectivity index (χ2v) is 7.23. The second-order valence-electron chi connectivity index (χ2n) is 6.45. The number of ether oxygens (including phenoxy) is 1. The Hall–Kier alpha value is -1.89. The third-order valence-electron chi connectivity index (χ3n) is 4.64. The summed E-state index contributed by atoms with van der Waals surface area (Å²) in [6.07, 6.45) is 1.92. The van der Waals surface area contributed by atoms with Gasteiger partial charge >= 0.3 is 6.03 Å². The summed E-state index contributed by atoms with van der Waals surface area (Å²) in [5, 5.41) is 10.3. The Morgan fingerprint density at radius 2 is 1.96 bits per heavy atom. The van der Waals surface area contributed by atoms with E-state index in [9.17, 15) is 4.79 Å². The van der Waals surface area contributed by atoms with E-state index in [1.807, 2.05) is 18.2 Å².